The van der Waals surface area contributed by atoms with Crippen molar-refractivity contribution in [2.24, 2.45) is 5.41 Å². The van der Waals surface area contributed by atoms with Crippen LogP contribution in [-0.4, -0.2) is 27.2 Å². The van der Waals surface area contributed by atoms with Gasteiger partial charge in [0.2, 0.25) is 0 Å². The molecule has 0 bridgehead atoms. The molecule has 2 nitrogen and oxygen atoms in total. The number of nitrogens with zero attached hydrogens (tertiary/aromatic N) is 1. The second kappa shape index (κ2) is 5.05. The third-order valence-corrected chi connectivity index (χ3v) is 5.56. The van der Waals surface area contributed by atoms with Crippen LogP contribution in [0.3, 0.4) is 0 Å². The van der Waals surface area contributed by atoms with Crippen LogP contribution in [0, 0.1) is 5.41 Å². The average molecular weight is 287 g/mol. The van der Waals surface area contributed by atoms with E-state index in [0.717, 1.165) is 34.5 Å². The van der Waals surface area contributed by atoms with Gasteiger partial charge in [0.05, 0.1) is 11.1 Å². The molecule has 2 heterocycles. The second-order valence-electron chi connectivity index (χ2n) is 6.73. The van der Waals surface area contributed by atoms with Crippen LogP contribution in [0.2, 0.25) is 0 Å². The van der Waals surface area contributed by atoms with Crippen molar-refractivity contribution >= 4 is 22.7 Å². The van der Waals surface area contributed by atoms with Gasteiger partial charge in [-0.2, -0.15) is 11.8 Å². The highest BCUT2D eigenvalue weighted by molar-refractivity contribution is 7.99. The number of pyridine rings is 1. The van der Waals surface area contributed by atoms with Crippen LogP contribution >= 0.6 is 11.8 Å². The van der Waals surface area contributed by atoms with Crippen LogP contribution < -0.4 is 0 Å². The molecule has 1 aromatic carbocycles. The van der Waals surface area contributed by atoms with Crippen LogP contribution in [0.4, 0.5) is 0 Å². The van der Waals surface area contributed by atoms with Gasteiger partial charge >= 0.3 is 0 Å². The zero-order chi connectivity index (χ0) is 14.2. The maximum absolute atomic E-state index is 10.9. The number of hydrogen-bond donors (Lipinski definition) is 1. The first-order chi connectivity index (χ1) is 9.46. The Morgan fingerprint density at radius 3 is 2.75 bits per heavy atom. The summed E-state index contributed by atoms with van der Waals surface area (Å²) >= 11 is 1.85. The van der Waals surface area contributed by atoms with Gasteiger partial charge < -0.3 is 5.11 Å². The molecule has 0 saturated carbocycles. The Morgan fingerprint density at radius 1 is 1.15 bits per heavy atom. The van der Waals surface area contributed by atoms with Gasteiger partial charge in [-0.3, -0.25) is 4.98 Å². The Hall–Kier alpha value is -1.06. The Bertz CT molecular complexity index is 625. The Balaban J connectivity index is 1.85. The predicted molar refractivity (Wildman–Crippen MR) is 86.1 cm³/mol. The molecule has 20 heavy (non-hydrogen) atoms. The first-order valence-corrected chi connectivity index (χ1v) is 8.26. The van der Waals surface area contributed by atoms with Crippen molar-refractivity contribution in [1.29, 1.82) is 0 Å². The fourth-order valence-corrected chi connectivity index (χ4v) is 4.51. The van der Waals surface area contributed by atoms with Crippen molar-refractivity contribution in [1.82, 2.24) is 4.98 Å². The molecule has 1 aliphatic heterocycles. The highest BCUT2D eigenvalue weighted by atomic mass is 32.2. The van der Waals surface area contributed by atoms with Gasteiger partial charge in [-0.05, 0) is 29.7 Å². The highest BCUT2D eigenvalue weighted by Gasteiger charge is 2.39. The van der Waals surface area contributed by atoms with Gasteiger partial charge in [0.15, 0.2) is 0 Å². The number of para-hydroxylation sites is 1. The van der Waals surface area contributed by atoms with E-state index in [-0.39, 0.29) is 5.41 Å². The van der Waals surface area contributed by atoms with Crippen LogP contribution in [0.15, 0.2) is 36.4 Å². The Morgan fingerprint density at radius 2 is 1.95 bits per heavy atom. The maximum Gasteiger partial charge on any atom is 0.0798 e. The lowest BCUT2D eigenvalue weighted by Gasteiger charge is -2.41. The molecule has 2 aromatic rings. The van der Waals surface area contributed by atoms with E-state index in [1.807, 2.05) is 36.0 Å². The molecule has 1 N–H and O–H groups in total. The lowest BCUT2D eigenvalue weighted by Crippen LogP contribution is -2.44. The minimum atomic E-state index is -0.623. The third-order valence-electron chi connectivity index (χ3n) is 3.84. The first kappa shape index (κ1) is 13.9. The zero-order valence-electron chi connectivity index (χ0n) is 12.1. The van der Waals surface area contributed by atoms with E-state index in [4.69, 9.17) is 4.98 Å². The van der Waals surface area contributed by atoms with Crippen molar-refractivity contribution in [2.45, 2.75) is 32.3 Å². The van der Waals surface area contributed by atoms with Gasteiger partial charge in [-0.1, -0.05) is 38.1 Å². The molecule has 1 unspecified atom stereocenters. The number of rotatable bonds is 2. The molecule has 3 rings (SSSR count). The van der Waals surface area contributed by atoms with Crippen LogP contribution in [0.5, 0.6) is 0 Å². The van der Waals surface area contributed by atoms with E-state index >= 15 is 0 Å². The molecule has 106 valence electrons. The molecule has 3 heteroatoms. The zero-order valence-corrected chi connectivity index (χ0v) is 12.9. The predicted octanol–water partition coefficient (Wildman–Crippen LogP) is 3.67. The highest BCUT2D eigenvalue weighted by Crippen LogP contribution is 2.40. The number of thioether (sulfide) groups is 1. The summed E-state index contributed by atoms with van der Waals surface area (Å²) in [6, 6.07) is 12.3. The molecule has 0 radical (unpaired) electrons. The van der Waals surface area contributed by atoms with Gasteiger partial charge in [-0.15, -0.1) is 0 Å². The van der Waals surface area contributed by atoms with E-state index in [2.05, 4.69) is 26.0 Å². The van der Waals surface area contributed by atoms with E-state index in [1.54, 1.807) is 0 Å². The van der Waals surface area contributed by atoms with Crippen molar-refractivity contribution in [3.05, 3.63) is 42.1 Å². The van der Waals surface area contributed by atoms with Crippen LogP contribution in [-0.2, 0) is 6.42 Å². The first-order valence-electron chi connectivity index (χ1n) is 7.11. The molecule has 1 saturated heterocycles. The molecule has 0 amide bonds. The molecule has 1 aromatic heterocycles. The molecule has 1 atom stereocenters. The molecular formula is C17H21NOS. The fraction of sp³-hybridized carbons (Fsp3) is 0.471. The molecular weight excluding hydrogens is 266 g/mol. The largest absolute Gasteiger partial charge is 0.389 e. The maximum atomic E-state index is 10.9. The van der Waals surface area contributed by atoms with Gasteiger partial charge in [-0.25, -0.2) is 0 Å². The SMILES string of the molecule is CC1(C)CSCC(O)(Cc2ccc3ccccc3n2)C1. The normalized spacial score (nSPS) is 25.8. The van der Waals surface area contributed by atoms with Gasteiger partial charge in [0, 0.05) is 23.3 Å². The third kappa shape index (κ3) is 2.99. The Kier molecular flexibility index (Phi) is 3.51. The molecule has 0 spiro atoms. The lowest BCUT2D eigenvalue weighted by atomic mass is 9.80. The van der Waals surface area contributed by atoms with Gasteiger partial charge in [0.1, 0.15) is 0 Å². The fourth-order valence-electron chi connectivity index (χ4n) is 3.17. The van der Waals surface area contributed by atoms with E-state index in [1.165, 1.54) is 0 Å². The molecule has 1 aliphatic rings. The summed E-state index contributed by atoms with van der Waals surface area (Å²) in [4.78, 5) is 4.69. The van der Waals surface area contributed by atoms with Crippen molar-refractivity contribution < 1.29 is 5.11 Å². The topological polar surface area (TPSA) is 33.1 Å². The van der Waals surface area contributed by atoms with Gasteiger partial charge in [0.25, 0.3) is 0 Å². The lowest BCUT2D eigenvalue weighted by molar-refractivity contribution is 0.0192. The van der Waals surface area contributed by atoms with E-state index in [9.17, 15) is 5.11 Å². The monoisotopic (exact) mass is 287 g/mol. The van der Waals surface area contributed by atoms with Crippen LogP contribution in [0.25, 0.3) is 10.9 Å². The Labute approximate surface area is 124 Å². The number of aromatic nitrogens is 1. The number of benzene rings is 1. The smallest absolute Gasteiger partial charge is 0.0798 e. The van der Waals surface area contributed by atoms with Crippen molar-refractivity contribution in [2.75, 3.05) is 11.5 Å². The van der Waals surface area contributed by atoms with Crippen molar-refractivity contribution in [3.8, 4) is 0 Å². The minimum absolute atomic E-state index is 0.203. The van der Waals surface area contributed by atoms with E-state index < -0.39 is 5.60 Å². The molecule has 1 fully saturated rings. The summed E-state index contributed by atoms with van der Waals surface area (Å²) < 4.78 is 0. The van der Waals surface area contributed by atoms with Crippen molar-refractivity contribution in [3.63, 3.8) is 0 Å². The summed E-state index contributed by atoms with van der Waals surface area (Å²) in [5, 5.41) is 12.0. The summed E-state index contributed by atoms with van der Waals surface area (Å²) in [7, 11) is 0. The minimum Gasteiger partial charge on any atom is -0.389 e. The van der Waals surface area contributed by atoms with Crippen LogP contribution in [0.1, 0.15) is 26.0 Å². The number of fused-ring (bicyclic) bond motifs is 1. The van der Waals surface area contributed by atoms with E-state index in [0.29, 0.717) is 6.42 Å². The quantitative estimate of drug-likeness (QED) is 0.915. The second-order valence-corrected chi connectivity index (χ2v) is 7.72. The summed E-state index contributed by atoms with van der Waals surface area (Å²) in [5.41, 5.74) is 1.58. The summed E-state index contributed by atoms with van der Waals surface area (Å²) in [6.45, 7) is 4.47. The number of hydrogen-bond acceptors (Lipinski definition) is 3. The standard InChI is InChI=1S/C17H21NOS/c1-16(2)10-17(19,12-20-11-16)9-14-8-7-13-5-3-4-6-15(13)18-14/h3-8,19H,9-12H2,1-2H3. The summed E-state index contributed by atoms with van der Waals surface area (Å²) in [6.07, 6.45) is 1.50. The number of aliphatic hydroxyl groups is 1. The molecule has 0 aliphatic carbocycles. The summed E-state index contributed by atoms with van der Waals surface area (Å²) in [5.74, 6) is 1.94. The average Bonchev–Trinajstić information content (AvgIpc) is 2.36.